The summed E-state index contributed by atoms with van der Waals surface area (Å²) in [6.07, 6.45) is 9.49. The number of nitrogens with zero attached hydrogens (tertiary/aromatic N) is 1. The molecule has 1 heterocycles. The maximum atomic E-state index is 14.8. The molecule has 1 atom stereocenters. The third-order valence-corrected chi connectivity index (χ3v) is 5.52. The maximum absolute atomic E-state index is 14.8. The Kier molecular flexibility index (Phi) is 11.2. The van der Waals surface area contributed by atoms with Crippen molar-refractivity contribution in [2.45, 2.75) is 77.7 Å². The molecule has 0 radical (unpaired) electrons. The Morgan fingerprint density at radius 3 is 2.55 bits per heavy atom. The fourth-order valence-electron chi connectivity index (χ4n) is 3.36. The molecule has 8 heteroatoms. The number of halogens is 1. The molecule has 0 aliphatic rings. The fourth-order valence-corrected chi connectivity index (χ4v) is 3.36. The molecule has 0 aliphatic carbocycles. The van der Waals surface area contributed by atoms with Crippen LogP contribution in [-0.4, -0.2) is 41.0 Å². The minimum atomic E-state index is -1.20. The highest BCUT2D eigenvalue weighted by Gasteiger charge is 2.32. The smallest absolute Gasteiger partial charge is 0.408 e. The van der Waals surface area contributed by atoms with E-state index < -0.39 is 24.1 Å². The summed E-state index contributed by atoms with van der Waals surface area (Å²) in [7, 11) is 0. The van der Waals surface area contributed by atoms with Crippen LogP contribution >= 0.6 is 0 Å². The number of carbonyl (C=O) groups is 1. The minimum Gasteiger partial charge on any atom is -0.493 e. The Morgan fingerprint density at radius 1 is 1.12 bits per heavy atom. The number of nitrogens with one attached hydrogen (secondary N) is 2. The molecule has 2 aromatic rings. The summed E-state index contributed by atoms with van der Waals surface area (Å²) in [6, 6.07) is 4.72. The zero-order valence-electron chi connectivity index (χ0n) is 20.1. The Hall–Kier alpha value is -2.61. The van der Waals surface area contributed by atoms with Crippen molar-refractivity contribution in [3.63, 3.8) is 0 Å². The average Bonchev–Trinajstić information content (AvgIpc) is 3.29. The van der Waals surface area contributed by atoms with Gasteiger partial charge in [-0.3, -0.25) is 0 Å². The van der Waals surface area contributed by atoms with Crippen molar-refractivity contribution in [2.24, 2.45) is 0 Å². The Balaban J connectivity index is 1.97. The SMILES string of the molecule is CCCCCCCCOc1ccc(-c2cnc([C@](C)(CO)NC(=O)OCCCC)[nH]2)c(F)c1. The van der Waals surface area contributed by atoms with Crippen molar-refractivity contribution in [1.29, 1.82) is 0 Å². The number of hydrogen-bond acceptors (Lipinski definition) is 5. The molecule has 0 unspecified atom stereocenters. The van der Waals surface area contributed by atoms with Crippen LogP contribution in [0.5, 0.6) is 5.75 Å². The van der Waals surface area contributed by atoms with Crippen molar-refractivity contribution >= 4 is 6.09 Å². The molecule has 1 amide bonds. The van der Waals surface area contributed by atoms with Gasteiger partial charge in [0.25, 0.3) is 0 Å². The van der Waals surface area contributed by atoms with E-state index in [1.807, 2.05) is 6.92 Å². The highest BCUT2D eigenvalue weighted by Crippen LogP contribution is 2.27. The number of amides is 1. The van der Waals surface area contributed by atoms with Gasteiger partial charge < -0.3 is 24.9 Å². The zero-order chi connectivity index (χ0) is 24.1. The van der Waals surface area contributed by atoms with Gasteiger partial charge >= 0.3 is 6.09 Å². The molecule has 2 rings (SSSR count). The van der Waals surface area contributed by atoms with Crippen LogP contribution in [0.2, 0.25) is 0 Å². The van der Waals surface area contributed by atoms with Gasteiger partial charge in [-0.2, -0.15) is 0 Å². The summed E-state index contributed by atoms with van der Waals surface area (Å²) in [4.78, 5) is 19.3. The first-order valence-corrected chi connectivity index (χ1v) is 12.0. The van der Waals surface area contributed by atoms with E-state index in [0.29, 0.717) is 36.0 Å². The van der Waals surface area contributed by atoms with Crippen LogP contribution in [0.3, 0.4) is 0 Å². The van der Waals surface area contributed by atoms with Gasteiger partial charge in [0.1, 0.15) is 22.9 Å². The van der Waals surface area contributed by atoms with E-state index in [4.69, 9.17) is 9.47 Å². The number of benzene rings is 1. The van der Waals surface area contributed by atoms with Gasteiger partial charge in [-0.15, -0.1) is 0 Å². The lowest BCUT2D eigenvalue weighted by Crippen LogP contribution is -2.47. The van der Waals surface area contributed by atoms with E-state index in [0.717, 1.165) is 25.7 Å². The van der Waals surface area contributed by atoms with Crippen LogP contribution in [0.15, 0.2) is 24.4 Å². The van der Waals surface area contributed by atoms with Crippen LogP contribution < -0.4 is 10.1 Å². The van der Waals surface area contributed by atoms with E-state index >= 15 is 0 Å². The number of hydrogen-bond donors (Lipinski definition) is 3. The summed E-state index contributed by atoms with van der Waals surface area (Å²) in [5.74, 6) is 0.347. The van der Waals surface area contributed by atoms with Crippen molar-refractivity contribution in [3.8, 4) is 17.0 Å². The molecule has 3 N–H and O–H groups in total. The van der Waals surface area contributed by atoms with E-state index in [2.05, 4.69) is 22.2 Å². The first-order chi connectivity index (χ1) is 15.9. The predicted molar refractivity (Wildman–Crippen MR) is 127 cm³/mol. The predicted octanol–water partition coefficient (Wildman–Crippen LogP) is 5.69. The maximum Gasteiger partial charge on any atom is 0.408 e. The molecule has 1 aromatic carbocycles. The second kappa shape index (κ2) is 13.8. The number of ether oxygens (including phenoxy) is 2. The molecule has 0 fully saturated rings. The summed E-state index contributed by atoms with van der Waals surface area (Å²) in [5.41, 5.74) is -0.435. The van der Waals surface area contributed by atoms with Crippen molar-refractivity contribution < 1.29 is 23.8 Å². The number of aromatic nitrogens is 2. The van der Waals surface area contributed by atoms with Crippen molar-refractivity contribution in [1.82, 2.24) is 15.3 Å². The Labute approximate surface area is 196 Å². The molecule has 7 nitrogen and oxygen atoms in total. The summed E-state index contributed by atoms with van der Waals surface area (Å²) < 4.78 is 25.6. The number of unbranched alkanes of at least 4 members (excludes halogenated alkanes) is 6. The number of carbonyl (C=O) groups excluding carboxylic acids is 1. The monoisotopic (exact) mass is 463 g/mol. The van der Waals surface area contributed by atoms with Gasteiger partial charge in [0.15, 0.2) is 0 Å². The van der Waals surface area contributed by atoms with E-state index in [9.17, 15) is 14.3 Å². The molecule has 0 saturated carbocycles. The van der Waals surface area contributed by atoms with E-state index in [1.54, 1.807) is 19.1 Å². The lowest BCUT2D eigenvalue weighted by Gasteiger charge is -2.26. The van der Waals surface area contributed by atoms with E-state index in [-0.39, 0.29) is 0 Å². The second-order valence-electron chi connectivity index (χ2n) is 8.51. The van der Waals surface area contributed by atoms with Crippen molar-refractivity contribution in [3.05, 3.63) is 36.0 Å². The van der Waals surface area contributed by atoms with Crippen LogP contribution in [0.4, 0.5) is 9.18 Å². The highest BCUT2D eigenvalue weighted by molar-refractivity contribution is 5.68. The lowest BCUT2D eigenvalue weighted by atomic mass is 10.0. The van der Waals surface area contributed by atoms with Crippen LogP contribution in [0.1, 0.15) is 78.0 Å². The number of aliphatic hydroxyl groups excluding tert-OH is 1. The minimum absolute atomic E-state index is 0.297. The Bertz CT molecular complexity index is 858. The summed E-state index contributed by atoms with van der Waals surface area (Å²) in [5, 5.41) is 12.5. The van der Waals surface area contributed by atoms with Gasteiger partial charge in [0.2, 0.25) is 0 Å². The standard InChI is InChI=1S/C25H38FN3O4/c1-4-6-8-9-10-11-15-32-19-12-13-20(21(26)16-19)22-17-27-23(28-22)25(3,18-30)29-24(31)33-14-7-5-2/h12-13,16-17,30H,4-11,14-15,18H2,1-3H3,(H,27,28)(H,29,31)/t25-/m0/s1. The summed E-state index contributed by atoms with van der Waals surface area (Å²) in [6.45, 7) is 6.26. The lowest BCUT2D eigenvalue weighted by molar-refractivity contribution is 0.112. The third kappa shape index (κ3) is 8.35. The van der Waals surface area contributed by atoms with Crippen LogP contribution in [-0.2, 0) is 10.3 Å². The molecule has 0 saturated heterocycles. The van der Waals surface area contributed by atoms with Gasteiger partial charge in [0.05, 0.1) is 31.7 Å². The molecular weight excluding hydrogens is 425 g/mol. The number of alkyl carbamates (subject to hydrolysis) is 1. The molecule has 0 spiro atoms. The summed E-state index contributed by atoms with van der Waals surface area (Å²) >= 11 is 0. The fraction of sp³-hybridized carbons (Fsp3) is 0.600. The number of rotatable bonds is 15. The van der Waals surface area contributed by atoms with E-state index in [1.165, 1.54) is 37.9 Å². The first kappa shape index (κ1) is 26.6. The molecular formula is C25H38FN3O4. The number of aliphatic hydroxyl groups is 1. The van der Waals surface area contributed by atoms with Crippen molar-refractivity contribution in [2.75, 3.05) is 19.8 Å². The topological polar surface area (TPSA) is 96.5 Å². The largest absolute Gasteiger partial charge is 0.493 e. The third-order valence-electron chi connectivity index (χ3n) is 5.52. The van der Waals surface area contributed by atoms with Gasteiger partial charge in [-0.05, 0) is 31.9 Å². The normalized spacial score (nSPS) is 12.9. The van der Waals surface area contributed by atoms with Crippen LogP contribution in [0.25, 0.3) is 11.3 Å². The molecule has 184 valence electrons. The zero-order valence-corrected chi connectivity index (χ0v) is 20.1. The second-order valence-corrected chi connectivity index (χ2v) is 8.51. The average molecular weight is 464 g/mol. The number of imidazole rings is 1. The highest BCUT2D eigenvalue weighted by atomic mass is 19.1. The first-order valence-electron chi connectivity index (χ1n) is 12.0. The molecule has 33 heavy (non-hydrogen) atoms. The van der Waals surface area contributed by atoms with Gasteiger partial charge in [-0.1, -0.05) is 52.4 Å². The van der Waals surface area contributed by atoms with Gasteiger partial charge in [-0.25, -0.2) is 14.2 Å². The molecule has 0 aliphatic heterocycles. The van der Waals surface area contributed by atoms with Crippen LogP contribution in [0, 0.1) is 5.82 Å². The number of H-pyrrole nitrogens is 1. The quantitative estimate of drug-likeness (QED) is 0.295. The number of aromatic amines is 1. The molecule has 1 aromatic heterocycles. The van der Waals surface area contributed by atoms with Gasteiger partial charge in [0, 0.05) is 11.6 Å². The Morgan fingerprint density at radius 2 is 1.85 bits per heavy atom. The molecule has 0 bridgehead atoms.